The van der Waals surface area contributed by atoms with E-state index in [1.807, 2.05) is 0 Å². The van der Waals surface area contributed by atoms with Gasteiger partial charge in [-0.1, -0.05) is 0 Å². The van der Waals surface area contributed by atoms with Crippen molar-refractivity contribution in [3.8, 4) is 28.8 Å². The summed E-state index contributed by atoms with van der Waals surface area (Å²) in [6.45, 7) is 1.47. The molecule has 18 heavy (non-hydrogen) atoms. The van der Waals surface area contributed by atoms with Crippen LogP contribution in [-0.2, 0) is 0 Å². The molecule has 6 heteroatoms. The summed E-state index contributed by atoms with van der Waals surface area (Å²) in [5, 5.41) is 19.0. The van der Waals surface area contributed by atoms with Crippen LogP contribution in [0.1, 0.15) is 5.56 Å². The van der Waals surface area contributed by atoms with Gasteiger partial charge in [-0.05, 0) is 25.1 Å². The highest BCUT2D eigenvalue weighted by Crippen LogP contribution is 2.30. The SMILES string of the molecule is COc1cc(-c2nc(O)c(C)c(=O)[nH]2)ccc1O. The van der Waals surface area contributed by atoms with Gasteiger partial charge in [0.05, 0.1) is 12.7 Å². The summed E-state index contributed by atoms with van der Waals surface area (Å²) < 4.78 is 4.96. The number of benzene rings is 1. The summed E-state index contributed by atoms with van der Waals surface area (Å²) in [5.41, 5.74) is 0.270. The number of phenols is 1. The summed E-state index contributed by atoms with van der Waals surface area (Å²) in [6, 6.07) is 4.50. The van der Waals surface area contributed by atoms with Gasteiger partial charge < -0.3 is 19.9 Å². The van der Waals surface area contributed by atoms with Gasteiger partial charge in [0.1, 0.15) is 5.82 Å². The van der Waals surface area contributed by atoms with Crippen molar-refractivity contribution in [3.63, 3.8) is 0 Å². The number of rotatable bonds is 2. The van der Waals surface area contributed by atoms with Crippen molar-refractivity contribution >= 4 is 0 Å². The molecule has 0 amide bonds. The topological polar surface area (TPSA) is 95.4 Å². The molecule has 0 spiro atoms. The highest BCUT2D eigenvalue weighted by molar-refractivity contribution is 5.61. The van der Waals surface area contributed by atoms with E-state index >= 15 is 0 Å². The Hall–Kier alpha value is -2.50. The van der Waals surface area contributed by atoms with Gasteiger partial charge in [0.25, 0.3) is 5.56 Å². The average molecular weight is 248 g/mol. The van der Waals surface area contributed by atoms with Crippen LogP contribution in [-0.4, -0.2) is 27.3 Å². The number of hydrogen-bond acceptors (Lipinski definition) is 5. The molecule has 0 aliphatic heterocycles. The van der Waals surface area contributed by atoms with E-state index in [1.54, 1.807) is 6.07 Å². The molecule has 0 unspecified atom stereocenters. The Bertz CT molecular complexity index is 649. The first kappa shape index (κ1) is 12.0. The predicted molar refractivity (Wildman–Crippen MR) is 64.9 cm³/mol. The largest absolute Gasteiger partial charge is 0.504 e. The van der Waals surface area contributed by atoms with Crippen LogP contribution in [0.15, 0.2) is 23.0 Å². The van der Waals surface area contributed by atoms with Gasteiger partial charge >= 0.3 is 0 Å². The van der Waals surface area contributed by atoms with E-state index in [0.717, 1.165) is 0 Å². The standard InChI is InChI=1S/C12H12N2O4/c1-6-11(16)13-10(14-12(6)17)7-3-4-8(15)9(5-7)18-2/h3-5,15H,1-2H3,(H2,13,14,16,17). The minimum atomic E-state index is -0.412. The van der Waals surface area contributed by atoms with Gasteiger partial charge in [0.15, 0.2) is 11.5 Å². The number of aromatic hydroxyl groups is 2. The lowest BCUT2D eigenvalue weighted by atomic mass is 10.2. The fraction of sp³-hybridized carbons (Fsp3) is 0.167. The molecule has 0 aliphatic rings. The molecule has 0 atom stereocenters. The zero-order chi connectivity index (χ0) is 13.3. The van der Waals surface area contributed by atoms with E-state index in [-0.39, 0.29) is 28.8 Å². The van der Waals surface area contributed by atoms with Gasteiger partial charge in [-0.25, -0.2) is 0 Å². The van der Waals surface area contributed by atoms with E-state index in [0.29, 0.717) is 5.56 Å². The molecular weight excluding hydrogens is 236 g/mol. The van der Waals surface area contributed by atoms with Crippen molar-refractivity contribution < 1.29 is 14.9 Å². The van der Waals surface area contributed by atoms with Crippen LogP contribution in [0.4, 0.5) is 0 Å². The number of aromatic amines is 1. The van der Waals surface area contributed by atoms with Gasteiger partial charge in [0, 0.05) is 5.56 Å². The van der Waals surface area contributed by atoms with Crippen molar-refractivity contribution in [2.75, 3.05) is 7.11 Å². The zero-order valence-corrected chi connectivity index (χ0v) is 9.89. The number of hydrogen-bond donors (Lipinski definition) is 3. The fourth-order valence-corrected chi connectivity index (χ4v) is 1.48. The molecule has 0 saturated heterocycles. The Morgan fingerprint density at radius 1 is 1.33 bits per heavy atom. The molecule has 0 radical (unpaired) electrons. The molecule has 2 rings (SSSR count). The Balaban J connectivity index is 2.59. The van der Waals surface area contributed by atoms with Gasteiger partial charge in [-0.15, -0.1) is 0 Å². The monoisotopic (exact) mass is 248 g/mol. The van der Waals surface area contributed by atoms with Crippen molar-refractivity contribution in [3.05, 3.63) is 34.1 Å². The smallest absolute Gasteiger partial charge is 0.257 e. The third-order valence-corrected chi connectivity index (χ3v) is 2.58. The van der Waals surface area contributed by atoms with Crippen molar-refractivity contribution in [2.24, 2.45) is 0 Å². The van der Waals surface area contributed by atoms with E-state index in [4.69, 9.17) is 4.74 Å². The molecule has 3 N–H and O–H groups in total. The number of phenolic OH excluding ortho intramolecular Hbond substituents is 1. The van der Waals surface area contributed by atoms with E-state index in [2.05, 4.69) is 9.97 Å². The zero-order valence-electron chi connectivity index (χ0n) is 9.89. The third-order valence-electron chi connectivity index (χ3n) is 2.58. The van der Waals surface area contributed by atoms with Crippen molar-refractivity contribution in [2.45, 2.75) is 6.92 Å². The second kappa shape index (κ2) is 4.40. The molecule has 1 aromatic heterocycles. The highest BCUT2D eigenvalue weighted by atomic mass is 16.5. The Morgan fingerprint density at radius 3 is 2.67 bits per heavy atom. The molecule has 0 aliphatic carbocycles. The Morgan fingerprint density at radius 2 is 2.06 bits per heavy atom. The summed E-state index contributed by atoms with van der Waals surface area (Å²) >= 11 is 0. The van der Waals surface area contributed by atoms with Crippen LogP contribution >= 0.6 is 0 Å². The molecule has 1 heterocycles. The van der Waals surface area contributed by atoms with Crippen LogP contribution in [0.25, 0.3) is 11.4 Å². The lowest BCUT2D eigenvalue weighted by molar-refractivity contribution is 0.373. The van der Waals surface area contributed by atoms with Crippen LogP contribution in [0.5, 0.6) is 17.4 Å². The van der Waals surface area contributed by atoms with Crippen LogP contribution in [0.3, 0.4) is 0 Å². The Kier molecular flexibility index (Phi) is 2.93. The minimum Gasteiger partial charge on any atom is -0.504 e. The molecular formula is C12H12N2O4. The quantitative estimate of drug-likeness (QED) is 0.741. The molecule has 0 fully saturated rings. The molecule has 0 saturated carbocycles. The van der Waals surface area contributed by atoms with Gasteiger partial charge in [-0.3, -0.25) is 4.79 Å². The molecule has 94 valence electrons. The van der Waals surface area contributed by atoms with E-state index < -0.39 is 5.56 Å². The second-order valence-corrected chi connectivity index (χ2v) is 3.75. The number of H-pyrrole nitrogens is 1. The maximum Gasteiger partial charge on any atom is 0.257 e. The first-order valence-corrected chi connectivity index (χ1v) is 5.20. The van der Waals surface area contributed by atoms with Crippen LogP contribution in [0, 0.1) is 6.92 Å². The predicted octanol–water partition coefficient (Wildman–Crippen LogP) is 1.17. The van der Waals surface area contributed by atoms with Crippen molar-refractivity contribution in [1.29, 1.82) is 0 Å². The highest BCUT2D eigenvalue weighted by Gasteiger charge is 2.10. The van der Waals surface area contributed by atoms with Crippen LogP contribution in [0.2, 0.25) is 0 Å². The molecule has 2 aromatic rings. The number of nitrogens with zero attached hydrogens (tertiary/aromatic N) is 1. The first-order chi connectivity index (χ1) is 8.52. The van der Waals surface area contributed by atoms with E-state index in [9.17, 15) is 15.0 Å². The maximum absolute atomic E-state index is 11.5. The lowest BCUT2D eigenvalue weighted by Gasteiger charge is -2.07. The molecule has 0 bridgehead atoms. The number of aromatic nitrogens is 2. The summed E-state index contributed by atoms with van der Waals surface area (Å²) in [5.74, 6) is 0.136. The molecule has 6 nitrogen and oxygen atoms in total. The van der Waals surface area contributed by atoms with Gasteiger partial charge in [0.2, 0.25) is 5.88 Å². The van der Waals surface area contributed by atoms with Crippen molar-refractivity contribution in [1.82, 2.24) is 9.97 Å². The lowest BCUT2D eigenvalue weighted by Crippen LogP contribution is -2.12. The summed E-state index contributed by atoms with van der Waals surface area (Å²) in [7, 11) is 1.42. The number of methoxy groups -OCH3 is 1. The number of nitrogens with one attached hydrogen (secondary N) is 1. The van der Waals surface area contributed by atoms with Gasteiger partial charge in [-0.2, -0.15) is 4.98 Å². The average Bonchev–Trinajstić information content (AvgIpc) is 2.36. The minimum absolute atomic E-state index is 0.0140. The first-order valence-electron chi connectivity index (χ1n) is 5.20. The summed E-state index contributed by atoms with van der Waals surface area (Å²) in [6.07, 6.45) is 0. The maximum atomic E-state index is 11.5. The second-order valence-electron chi connectivity index (χ2n) is 3.75. The summed E-state index contributed by atoms with van der Waals surface area (Å²) in [4.78, 5) is 17.9. The Labute approximate surface area is 103 Å². The molecule has 1 aromatic carbocycles. The van der Waals surface area contributed by atoms with E-state index in [1.165, 1.54) is 26.2 Å². The fourth-order valence-electron chi connectivity index (χ4n) is 1.48. The normalized spacial score (nSPS) is 10.3. The third kappa shape index (κ3) is 2.00. The number of ether oxygens (including phenoxy) is 1. The van der Waals surface area contributed by atoms with Crippen LogP contribution < -0.4 is 10.3 Å².